The summed E-state index contributed by atoms with van der Waals surface area (Å²) in [5, 5.41) is 0. The molecule has 16 heavy (non-hydrogen) atoms. The van der Waals surface area contributed by atoms with Crippen LogP contribution in [0.15, 0.2) is 30.3 Å². The first kappa shape index (κ1) is 11.6. The van der Waals surface area contributed by atoms with Crippen LogP contribution in [-0.2, 0) is 11.3 Å². The monoisotopic (exact) mass is 281 g/mol. The van der Waals surface area contributed by atoms with E-state index in [-0.39, 0.29) is 5.91 Å². The molecule has 86 valence electrons. The molecular weight excluding hydrogens is 266 g/mol. The number of hydrogen-bond acceptors (Lipinski definition) is 1. The molecule has 1 aliphatic heterocycles. The van der Waals surface area contributed by atoms with E-state index in [2.05, 4.69) is 28.1 Å². The first-order valence-electron chi connectivity index (χ1n) is 5.71. The molecule has 0 aromatic heterocycles. The Labute approximate surface area is 105 Å². The second-order valence-corrected chi connectivity index (χ2v) is 5.52. The van der Waals surface area contributed by atoms with Gasteiger partial charge in [-0.2, -0.15) is 0 Å². The molecule has 0 spiro atoms. The molecule has 1 aliphatic rings. The summed E-state index contributed by atoms with van der Waals surface area (Å²) in [5.41, 5.74) is 1.21. The zero-order valence-corrected chi connectivity index (χ0v) is 10.8. The van der Waals surface area contributed by atoms with Gasteiger partial charge in [0.05, 0.1) is 0 Å². The van der Waals surface area contributed by atoms with Crippen molar-refractivity contribution < 1.29 is 4.79 Å². The zero-order chi connectivity index (χ0) is 11.4. The summed E-state index contributed by atoms with van der Waals surface area (Å²) in [6.07, 6.45) is 2.69. The van der Waals surface area contributed by atoms with E-state index in [1.165, 1.54) is 5.56 Å². The minimum atomic E-state index is 0.283. The molecule has 0 N–H and O–H groups in total. The summed E-state index contributed by atoms with van der Waals surface area (Å²) >= 11 is 3.60. The van der Waals surface area contributed by atoms with Crippen LogP contribution in [-0.4, -0.2) is 22.2 Å². The fraction of sp³-hybridized carbons (Fsp3) is 0.462. The fourth-order valence-electron chi connectivity index (χ4n) is 1.97. The average Bonchev–Trinajstić information content (AvgIpc) is 2.46. The van der Waals surface area contributed by atoms with Gasteiger partial charge < -0.3 is 4.90 Å². The number of carbonyl (C=O) groups excluding carboxylic acids is 1. The highest BCUT2D eigenvalue weighted by Crippen LogP contribution is 2.20. The van der Waals surface area contributed by atoms with Crippen LogP contribution < -0.4 is 0 Å². The van der Waals surface area contributed by atoms with E-state index in [0.29, 0.717) is 11.2 Å². The van der Waals surface area contributed by atoms with Crippen LogP contribution in [0.4, 0.5) is 0 Å². The van der Waals surface area contributed by atoms with Gasteiger partial charge in [0, 0.05) is 24.3 Å². The number of nitrogens with zero attached hydrogens (tertiary/aromatic N) is 1. The van der Waals surface area contributed by atoms with Gasteiger partial charge in [0.25, 0.3) is 0 Å². The summed E-state index contributed by atoms with van der Waals surface area (Å²) in [6.45, 7) is 1.61. The van der Waals surface area contributed by atoms with Crippen LogP contribution in [0.2, 0.25) is 0 Å². The van der Waals surface area contributed by atoms with Gasteiger partial charge in [-0.1, -0.05) is 46.3 Å². The molecule has 3 heteroatoms. The maximum absolute atomic E-state index is 11.9. The number of halogens is 1. The highest BCUT2D eigenvalue weighted by molar-refractivity contribution is 9.09. The molecule has 2 rings (SSSR count). The average molecular weight is 282 g/mol. The minimum absolute atomic E-state index is 0.283. The van der Waals surface area contributed by atoms with Gasteiger partial charge >= 0.3 is 0 Å². The van der Waals surface area contributed by atoms with E-state index in [4.69, 9.17) is 0 Å². The second-order valence-electron chi connectivity index (χ2n) is 4.23. The lowest BCUT2D eigenvalue weighted by molar-refractivity contribution is -0.131. The first-order chi connectivity index (χ1) is 7.75. The van der Waals surface area contributed by atoms with E-state index >= 15 is 0 Å². The third-order valence-corrected chi connectivity index (χ3v) is 3.87. The Kier molecular flexibility index (Phi) is 3.99. The van der Waals surface area contributed by atoms with Gasteiger partial charge in [0.2, 0.25) is 5.91 Å². The van der Waals surface area contributed by atoms with E-state index < -0.39 is 0 Å². The predicted octanol–water partition coefficient (Wildman–Crippen LogP) is 2.96. The topological polar surface area (TPSA) is 20.3 Å². The van der Waals surface area contributed by atoms with E-state index in [9.17, 15) is 4.79 Å². The van der Waals surface area contributed by atoms with Crippen LogP contribution in [0.3, 0.4) is 0 Å². The van der Waals surface area contributed by atoms with Crippen molar-refractivity contribution in [2.75, 3.05) is 6.54 Å². The van der Waals surface area contributed by atoms with Crippen molar-refractivity contribution in [1.82, 2.24) is 4.90 Å². The lowest BCUT2D eigenvalue weighted by atomic mass is 10.2. The Morgan fingerprint density at radius 3 is 2.75 bits per heavy atom. The molecule has 0 aliphatic carbocycles. The number of alkyl halides is 1. The van der Waals surface area contributed by atoms with E-state index in [0.717, 1.165) is 25.9 Å². The molecule has 1 aromatic rings. The van der Waals surface area contributed by atoms with Gasteiger partial charge in [-0.3, -0.25) is 4.79 Å². The Balaban J connectivity index is 2.00. The highest BCUT2D eigenvalue weighted by atomic mass is 79.9. The van der Waals surface area contributed by atoms with Crippen molar-refractivity contribution in [3.05, 3.63) is 35.9 Å². The normalized spacial score (nSPS) is 21.9. The Bertz CT molecular complexity index is 352. The summed E-state index contributed by atoms with van der Waals surface area (Å²) in [6, 6.07) is 10.2. The molecule has 2 nitrogen and oxygen atoms in total. The van der Waals surface area contributed by atoms with Crippen molar-refractivity contribution in [3.8, 4) is 0 Å². The fourth-order valence-corrected chi connectivity index (χ4v) is 2.41. The van der Waals surface area contributed by atoms with Crippen LogP contribution in [0.25, 0.3) is 0 Å². The molecule has 1 fully saturated rings. The SMILES string of the molecule is O=C1CCC(Br)CCN1Cc1ccccc1. The predicted molar refractivity (Wildman–Crippen MR) is 68.4 cm³/mol. The first-order valence-corrected chi connectivity index (χ1v) is 6.63. The van der Waals surface area contributed by atoms with Crippen LogP contribution in [0, 0.1) is 0 Å². The number of likely N-dealkylation sites (tertiary alicyclic amines) is 1. The Hall–Kier alpha value is -0.830. The molecule has 1 atom stereocenters. The van der Waals surface area contributed by atoms with Crippen LogP contribution in [0.1, 0.15) is 24.8 Å². The van der Waals surface area contributed by atoms with E-state index in [1.54, 1.807) is 0 Å². The number of carbonyl (C=O) groups is 1. The number of rotatable bonds is 2. The lowest BCUT2D eigenvalue weighted by Gasteiger charge is -2.20. The molecule has 1 amide bonds. The molecule has 0 saturated carbocycles. The third kappa shape index (κ3) is 3.08. The standard InChI is InChI=1S/C13H16BrNO/c14-12-6-7-13(16)15(9-8-12)10-11-4-2-1-3-5-11/h1-5,12H,6-10H2. The highest BCUT2D eigenvalue weighted by Gasteiger charge is 2.20. The molecule has 0 bridgehead atoms. The summed E-state index contributed by atoms with van der Waals surface area (Å²) in [7, 11) is 0. The maximum Gasteiger partial charge on any atom is 0.222 e. The smallest absolute Gasteiger partial charge is 0.222 e. The van der Waals surface area contributed by atoms with E-state index in [1.807, 2.05) is 23.1 Å². The molecule has 0 radical (unpaired) electrons. The quantitative estimate of drug-likeness (QED) is 0.764. The van der Waals surface area contributed by atoms with Gasteiger partial charge in [0.1, 0.15) is 0 Å². The van der Waals surface area contributed by atoms with Gasteiger partial charge in [-0.25, -0.2) is 0 Å². The van der Waals surface area contributed by atoms with Crippen molar-refractivity contribution in [2.45, 2.75) is 30.6 Å². The van der Waals surface area contributed by atoms with Crippen molar-refractivity contribution in [1.29, 1.82) is 0 Å². The van der Waals surface area contributed by atoms with Gasteiger partial charge in [-0.05, 0) is 18.4 Å². The Morgan fingerprint density at radius 1 is 1.25 bits per heavy atom. The van der Waals surface area contributed by atoms with Crippen molar-refractivity contribution in [3.63, 3.8) is 0 Å². The Morgan fingerprint density at radius 2 is 2.00 bits per heavy atom. The lowest BCUT2D eigenvalue weighted by Crippen LogP contribution is -2.29. The largest absolute Gasteiger partial charge is 0.338 e. The number of hydrogen-bond donors (Lipinski definition) is 0. The molecule has 1 unspecified atom stereocenters. The summed E-state index contributed by atoms with van der Waals surface area (Å²) < 4.78 is 0. The molecule has 1 aromatic carbocycles. The summed E-state index contributed by atoms with van der Waals surface area (Å²) in [5.74, 6) is 0.283. The van der Waals surface area contributed by atoms with Crippen LogP contribution in [0.5, 0.6) is 0 Å². The van der Waals surface area contributed by atoms with Crippen molar-refractivity contribution >= 4 is 21.8 Å². The zero-order valence-electron chi connectivity index (χ0n) is 9.23. The van der Waals surface area contributed by atoms with Crippen molar-refractivity contribution in [2.24, 2.45) is 0 Å². The minimum Gasteiger partial charge on any atom is -0.338 e. The molecular formula is C13H16BrNO. The van der Waals surface area contributed by atoms with Gasteiger partial charge in [-0.15, -0.1) is 0 Å². The van der Waals surface area contributed by atoms with Crippen LogP contribution >= 0.6 is 15.9 Å². The maximum atomic E-state index is 11.9. The second kappa shape index (κ2) is 5.48. The van der Waals surface area contributed by atoms with Gasteiger partial charge in [0.15, 0.2) is 0 Å². The molecule has 1 heterocycles. The third-order valence-electron chi connectivity index (χ3n) is 2.95. The summed E-state index contributed by atoms with van der Waals surface area (Å²) in [4.78, 5) is 14.3. The number of amides is 1. The number of benzene rings is 1. The molecule has 1 saturated heterocycles.